The van der Waals surface area contributed by atoms with Crippen LogP contribution < -0.4 is 15.2 Å². The molecule has 126 valence electrons. The second-order valence-electron chi connectivity index (χ2n) is 5.37. The number of nitrogens with two attached hydrogens (primary N) is 1. The van der Waals surface area contributed by atoms with E-state index in [1.54, 1.807) is 14.0 Å². The van der Waals surface area contributed by atoms with Gasteiger partial charge in [0.15, 0.2) is 0 Å². The third kappa shape index (κ3) is 2.58. The average Bonchev–Trinajstić information content (AvgIpc) is 2.94. The number of aromatic nitrogens is 2. The molecule has 2 heterocycles. The standard InChI is InChI=1S/C17H19N3O4/c1-4-23-17(21)14-13(10-5-7-11(22-3)8-6-10)12-9(2)19-20-16(12)24-15(14)18/h5-8,13H,4,18H2,1-3H3,(H,19,20)/t13-/m1/s1. The van der Waals surface area contributed by atoms with Crippen molar-refractivity contribution in [1.29, 1.82) is 0 Å². The van der Waals surface area contributed by atoms with Crippen molar-refractivity contribution < 1.29 is 19.0 Å². The van der Waals surface area contributed by atoms with E-state index in [1.165, 1.54) is 0 Å². The van der Waals surface area contributed by atoms with Gasteiger partial charge in [0.25, 0.3) is 0 Å². The lowest BCUT2D eigenvalue weighted by molar-refractivity contribution is -0.139. The predicted octanol–water partition coefficient (Wildman–Crippen LogP) is 1.98. The number of H-pyrrole nitrogens is 1. The van der Waals surface area contributed by atoms with Crippen LogP contribution in [0.5, 0.6) is 11.6 Å². The van der Waals surface area contributed by atoms with E-state index in [0.717, 1.165) is 22.6 Å². The molecule has 0 spiro atoms. The van der Waals surface area contributed by atoms with Crippen molar-refractivity contribution in [3.63, 3.8) is 0 Å². The van der Waals surface area contributed by atoms with Crippen LogP contribution in [0.4, 0.5) is 0 Å². The molecule has 1 atom stereocenters. The van der Waals surface area contributed by atoms with Crippen molar-refractivity contribution in [2.75, 3.05) is 13.7 Å². The van der Waals surface area contributed by atoms with Crippen LogP contribution in [0.3, 0.4) is 0 Å². The van der Waals surface area contributed by atoms with Crippen LogP contribution in [0.15, 0.2) is 35.7 Å². The van der Waals surface area contributed by atoms with Gasteiger partial charge in [0.1, 0.15) is 11.3 Å². The van der Waals surface area contributed by atoms with Crippen LogP contribution in [0, 0.1) is 6.92 Å². The van der Waals surface area contributed by atoms with E-state index in [0.29, 0.717) is 5.88 Å². The summed E-state index contributed by atoms with van der Waals surface area (Å²) < 4.78 is 15.9. The molecule has 0 fully saturated rings. The largest absolute Gasteiger partial charge is 0.497 e. The lowest BCUT2D eigenvalue weighted by atomic mass is 9.83. The van der Waals surface area contributed by atoms with Gasteiger partial charge in [-0.1, -0.05) is 12.1 Å². The Kier molecular flexibility index (Phi) is 4.16. The number of methoxy groups -OCH3 is 1. The Morgan fingerprint density at radius 1 is 1.38 bits per heavy atom. The second-order valence-corrected chi connectivity index (χ2v) is 5.37. The Morgan fingerprint density at radius 2 is 2.08 bits per heavy atom. The van der Waals surface area contributed by atoms with E-state index in [4.69, 9.17) is 19.9 Å². The van der Waals surface area contributed by atoms with Crippen molar-refractivity contribution in [2.24, 2.45) is 5.73 Å². The second kappa shape index (κ2) is 6.27. The normalized spacial score (nSPS) is 16.4. The first-order valence-electron chi connectivity index (χ1n) is 7.60. The summed E-state index contributed by atoms with van der Waals surface area (Å²) in [4.78, 5) is 12.5. The summed E-state index contributed by atoms with van der Waals surface area (Å²) in [6.07, 6.45) is 0. The zero-order chi connectivity index (χ0) is 17.3. The van der Waals surface area contributed by atoms with Gasteiger partial charge in [0, 0.05) is 11.3 Å². The highest BCUT2D eigenvalue weighted by Gasteiger charge is 2.38. The van der Waals surface area contributed by atoms with Crippen molar-refractivity contribution in [1.82, 2.24) is 10.2 Å². The monoisotopic (exact) mass is 329 g/mol. The highest BCUT2D eigenvalue weighted by molar-refractivity contribution is 5.92. The highest BCUT2D eigenvalue weighted by Crippen LogP contribution is 2.43. The molecule has 7 nitrogen and oxygen atoms in total. The van der Waals surface area contributed by atoms with Gasteiger partial charge in [-0.15, -0.1) is 5.10 Å². The Morgan fingerprint density at radius 3 is 2.71 bits per heavy atom. The third-order valence-electron chi connectivity index (χ3n) is 3.95. The number of aryl methyl sites for hydroxylation is 1. The zero-order valence-electron chi connectivity index (χ0n) is 13.8. The van der Waals surface area contributed by atoms with Gasteiger partial charge in [-0.05, 0) is 31.5 Å². The average molecular weight is 329 g/mol. The molecule has 0 unspecified atom stereocenters. The molecule has 0 aliphatic carbocycles. The number of nitrogens with zero attached hydrogens (tertiary/aromatic N) is 1. The van der Waals surface area contributed by atoms with E-state index >= 15 is 0 Å². The van der Waals surface area contributed by atoms with Crippen LogP contribution in [-0.2, 0) is 9.53 Å². The molecule has 1 aromatic heterocycles. The Balaban J connectivity index is 2.15. The number of fused-ring (bicyclic) bond motifs is 1. The van der Waals surface area contributed by atoms with Gasteiger partial charge >= 0.3 is 5.97 Å². The van der Waals surface area contributed by atoms with Gasteiger partial charge in [0.2, 0.25) is 11.8 Å². The number of carbonyl (C=O) groups is 1. The molecule has 0 amide bonds. The number of hydrogen-bond donors (Lipinski definition) is 2. The number of hydrogen-bond acceptors (Lipinski definition) is 6. The van der Waals surface area contributed by atoms with E-state index < -0.39 is 11.9 Å². The molecule has 24 heavy (non-hydrogen) atoms. The molecule has 0 radical (unpaired) electrons. The molecular formula is C17H19N3O4. The zero-order valence-corrected chi connectivity index (χ0v) is 13.8. The lowest BCUT2D eigenvalue weighted by Gasteiger charge is -2.26. The third-order valence-corrected chi connectivity index (χ3v) is 3.95. The maximum atomic E-state index is 12.5. The maximum absolute atomic E-state index is 12.5. The number of nitrogens with one attached hydrogen (secondary N) is 1. The van der Waals surface area contributed by atoms with Crippen LogP contribution in [0.1, 0.15) is 29.7 Å². The molecule has 2 aromatic rings. The van der Waals surface area contributed by atoms with Crippen LogP contribution in [0.25, 0.3) is 0 Å². The SMILES string of the molecule is CCOC(=O)C1=C(N)Oc2n[nH]c(C)c2[C@H]1c1ccc(OC)cc1. The van der Waals surface area contributed by atoms with E-state index in [1.807, 2.05) is 31.2 Å². The minimum absolute atomic E-state index is 0.00766. The molecule has 3 rings (SSSR count). The summed E-state index contributed by atoms with van der Waals surface area (Å²) in [5.74, 6) is 0.191. The van der Waals surface area contributed by atoms with Crippen molar-refractivity contribution in [3.8, 4) is 11.6 Å². The molecule has 7 heteroatoms. The molecule has 1 aromatic carbocycles. The molecule has 0 saturated heterocycles. The number of benzene rings is 1. The fourth-order valence-corrected chi connectivity index (χ4v) is 2.84. The quantitative estimate of drug-likeness (QED) is 0.832. The number of esters is 1. The summed E-state index contributed by atoms with van der Waals surface area (Å²) in [6, 6.07) is 7.44. The van der Waals surface area contributed by atoms with Crippen molar-refractivity contribution in [3.05, 3.63) is 52.5 Å². The summed E-state index contributed by atoms with van der Waals surface area (Å²) in [5, 5.41) is 7.00. The molecule has 0 saturated carbocycles. The minimum Gasteiger partial charge on any atom is -0.497 e. The summed E-state index contributed by atoms with van der Waals surface area (Å²) >= 11 is 0. The lowest BCUT2D eigenvalue weighted by Crippen LogP contribution is -2.27. The molecular weight excluding hydrogens is 310 g/mol. The number of aromatic amines is 1. The van der Waals surface area contributed by atoms with Gasteiger partial charge in [-0.25, -0.2) is 4.79 Å². The smallest absolute Gasteiger partial charge is 0.340 e. The fourth-order valence-electron chi connectivity index (χ4n) is 2.84. The van der Waals surface area contributed by atoms with Gasteiger partial charge in [-0.3, -0.25) is 5.10 Å². The highest BCUT2D eigenvalue weighted by atomic mass is 16.5. The molecule has 0 bridgehead atoms. The summed E-state index contributed by atoms with van der Waals surface area (Å²) in [5.41, 5.74) is 8.73. The number of carbonyl (C=O) groups excluding carboxylic acids is 1. The van der Waals surface area contributed by atoms with Crippen molar-refractivity contribution >= 4 is 5.97 Å². The van der Waals surface area contributed by atoms with E-state index in [-0.39, 0.29) is 18.1 Å². The van der Waals surface area contributed by atoms with E-state index in [2.05, 4.69) is 10.2 Å². The first-order chi connectivity index (χ1) is 11.6. The number of ether oxygens (including phenoxy) is 3. The summed E-state index contributed by atoms with van der Waals surface area (Å²) in [7, 11) is 1.60. The van der Waals surface area contributed by atoms with Gasteiger partial charge < -0.3 is 19.9 Å². The van der Waals surface area contributed by atoms with Crippen LogP contribution in [-0.4, -0.2) is 29.9 Å². The van der Waals surface area contributed by atoms with Gasteiger partial charge in [0.05, 0.1) is 19.6 Å². The predicted molar refractivity (Wildman–Crippen MR) is 86.6 cm³/mol. The molecule has 1 aliphatic heterocycles. The van der Waals surface area contributed by atoms with Crippen molar-refractivity contribution in [2.45, 2.75) is 19.8 Å². The molecule has 1 aliphatic rings. The first-order valence-corrected chi connectivity index (χ1v) is 7.60. The van der Waals surface area contributed by atoms with Gasteiger partial charge in [-0.2, -0.15) is 0 Å². The van der Waals surface area contributed by atoms with Crippen LogP contribution >= 0.6 is 0 Å². The fraction of sp³-hybridized carbons (Fsp3) is 0.294. The summed E-state index contributed by atoms with van der Waals surface area (Å²) in [6.45, 7) is 3.87. The minimum atomic E-state index is -0.498. The number of rotatable bonds is 4. The van der Waals surface area contributed by atoms with E-state index in [9.17, 15) is 4.79 Å². The topological polar surface area (TPSA) is 99.5 Å². The maximum Gasteiger partial charge on any atom is 0.340 e. The Bertz CT molecular complexity index is 793. The Labute approximate surface area is 139 Å². The first kappa shape index (κ1) is 15.9. The Hall–Kier alpha value is -2.96. The van der Waals surface area contributed by atoms with Crippen LogP contribution in [0.2, 0.25) is 0 Å². The molecule has 3 N–H and O–H groups in total.